The number of carbonyl (C=O) groups excluding carboxylic acids is 4. The van der Waals surface area contributed by atoms with Crippen LogP contribution in [0.15, 0.2) is 54.6 Å². The van der Waals surface area contributed by atoms with Gasteiger partial charge in [0.2, 0.25) is 5.91 Å². The highest BCUT2D eigenvalue weighted by Gasteiger charge is 2.26. The van der Waals surface area contributed by atoms with Crippen LogP contribution in [0.2, 0.25) is 0 Å². The SMILES string of the molecule is CCOC(=O)c1ccc(NC(=O)c2sc(NC(=O)CCc3ccccc3)c(C(=O)OCC)c2C)cc1. The molecule has 0 saturated heterocycles. The van der Waals surface area contributed by atoms with E-state index in [2.05, 4.69) is 10.6 Å². The third-order valence-electron chi connectivity index (χ3n) is 5.22. The number of benzene rings is 2. The molecule has 36 heavy (non-hydrogen) atoms. The average molecular weight is 509 g/mol. The Labute approximate surface area is 213 Å². The quantitative estimate of drug-likeness (QED) is 0.363. The molecule has 0 aliphatic rings. The van der Waals surface area contributed by atoms with Crippen LogP contribution in [0.25, 0.3) is 0 Å². The average Bonchev–Trinajstić information content (AvgIpc) is 3.19. The highest BCUT2D eigenvalue weighted by atomic mass is 32.1. The van der Waals surface area contributed by atoms with E-state index in [1.807, 2.05) is 30.3 Å². The number of hydrogen-bond acceptors (Lipinski definition) is 7. The van der Waals surface area contributed by atoms with Gasteiger partial charge < -0.3 is 20.1 Å². The van der Waals surface area contributed by atoms with Gasteiger partial charge in [0.05, 0.1) is 29.2 Å². The number of carbonyl (C=O) groups is 4. The zero-order valence-electron chi connectivity index (χ0n) is 20.4. The molecule has 2 N–H and O–H groups in total. The normalized spacial score (nSPS) is 10.4. The molecule has 2 amide bonds. The first kappa shape index (κ1) is 26.6. The summed E-state index contributed by atoms with van der Waals surface area (Å²) >= 11 is 1.01. The van der Waals surface area contributed by atoms with Gasteiger partial charge in [0.15, 0.2) is 0 Å². The molecule has 0 aliphatic heterocycles. The monoisotopic (exact) mass is 508 g/mol. The first-order valence-electron chi connectivity index (χ1n) is 11.6. The summed E-state index contributed by atoms with van der Waals surface area (Å²) in [7, 11) is 0. The lowest BCUT2D eigenvalue weighted by Gasteiger charge is -2.07. The molecular weight excluding hydrogens is 480 g/mol. The van der Waals surface area contributed by atoms with Crippen LogP contribution < -0.4 is 10.6 Å². The fourth-order valence-corrected chi connectivity index (χ4v) is 4.56. The summed E-state index contributed by atoms with van der Waals surface area (Å²) in [5.74, 6) is -1.78. The van der Waals surface area contributed by atoms with Crippen LogP contribution in [0.1, 0.15) is 61.8 Å². The predicted molar refractivity (Wildman–Crippen MR) is 139 cm³/mol. The summed E-state index contributed by atoms with van der Waals surface area (Å²) in [6.07, 6.45) is 0.762. The van der Waals surface area contributed by atoms with Crippen LogP contribution in [0.3, 0.4) is 0 Å². The number of nitrogens with one attached hydrogen (secondary N) is 2. The maximum Gasteiger partial charge on any atom is 0.341 e. The van der Waals surface area contributed by atoms with Crippen molar-refractivity contribution in [3.63, 3.8) is 0 Å². The fourth-order valence-electron chi connectivity index (χ4n) is 3.45. The van der Waals surface area contributed by atoms with E-state index in [0.717, 1.165) is 16.9 Å². The Hall–Kier alpha value is -3.98. The molecule has 3 aromatic rings. The summed E-state index contributed by atoms with van der Waals surface area (Å²) in [4.78, 5) is 50.4. The van der Waals surface area contributed by atoms with E-state index < -0.39 is 17.8 Å². The third-order valence-corrected chi connectivity index (χ3v) is 6.43. The molecule has 0 spiro atoms. The zero-order valence-corrected chi connectivity index (χ0v) is 21.2. The Kier molecular flexibility index (Phi) is 9.35. The van der Waals surface area contributed by atoms with E-state index in [4.69, 9.17) is 9.47 Å². The second-order valence-electron chi connectivity index (χ2n) is 7.77. The Bertz CT molecular complexity index is 1240. The standard InChI is InChI=1S/C27H28N2O6S/c1-4-34-26(32)19-12-14-20(15-13-19)28-24(31)23-17(3)22(27(33)35-5-2)25(36-23)29-21(30)16-11-18-9-7-6-8-10-18/h6-10,12-15H,4-5,11,16H2,1-3H3,(H,28,31)(H,29,30). The molecule has 0 unspecified atom stereocenters. The van der Waals surface area contributed by atoms with Gasteiger partial charge in [-0.3, -0.25) is 9.59 Å². The molecule has 188 valence electrons. The van der Waals surface area contributed by atoms with Crippen molar-refractivity contribution in [2.24, 2.45) is 0 Å². The highest BCUT2D eigenvalue weighted by molar-refractivity contribution is 7.18. The maximum absolute atomic E-state index is 13.0. The van der Waals surface area contributed by atoms with Crippen LogP contribution >= 0.6 is 11.3 Å². The van der Waals surface area contributed by atoms with Gasteiger partial charge in [-0.05, 0) is 62.6 Å². The van der Waals surface area contributed by atoms with E-state index in [-0.39, 0.29) is 41.0 Å². The van der Waals surface area contributed by atoms with Gasteiger partial charge >= 0.3 is 11.9 Å². The lowest BCUT2D eigenvalue weighted by atomic mass is 10.1. The van der Waals surface area contributed by atoms with Gasteiger partial charge in [-0.15, -0.1) is 11.3 Å². The van der Waals surface area contributed by atoms with Crippen molar-refractivity contribution in [2.75, 3.05) is 23.8 Å². The lowest BCUT2D eigenvalue weighted by molar-refractivity contribution is -0.116. The van der Waals surface area contributed by atoms with Crippen molar-refractivity contribution in [1.29, 1.82) is 0 Å². The van der Waals surface area contributed by atoms with Gasteiger partial charge in [-0.1, -0.05) is 30.3 Å². The number of esters is 2. The molecule has 8 nitrogen and oxygen atoms in total. The molecule has 2 aromatic carbocycles. The van der Waals surface area contributed by atoms with Gasteiger partial charge in [0, 0.05) is 12.1 Å². The molecule has 9 heteroatoms. The molecule has 1 aromatic heterocycles. The van der Waals surface area contributed by atoms with Crippen molar-refractivity contribution in [1.82, 2.24) is 0 Å². The topological polar surface area (TPSA) is 111 Å². The van der Waals surface area contributed by atoms with Crippen molar-refractivity contribution >= 4 is 45.8 Å². The fraction of sp³-hybridized carbons (Fsp3) is 0.259. The zero-order chi connectivity index (χ0) is 26.1. The number of hydrogen-bond donors (Lipinski definition) is 2. The predicted octanol–water partition coefficient (Wildman–Crippen LogP) is 5.23. The summed E-state index contributed by atoms with van der Waals surface area (Å²) in [6, 6.07) is 15.9. The number of amides is 2. The van der Waals surface area contributed by atoms with Crippen LogP contribution in [-0.2, 0) is 20.7 Å². The Morgan fingerprint density at radius 1 is 0.833 bits per heavy atom. The second-order valence-corrected chi connectivity index (χ2v) is 8.79. The summed E-state index contributed by atoms with van der Waals surface area (Å²) < 4.78 is 10.1. The van der Waals surface area contributed by atoms with Crippen LogP contribution in [0.4, 0.5) is 10.7 Å². The van der Waals surface area contributed by atoms with Crippen LogP contribution in [-0.4, -0.2) is 37.0 Å². The number of ether oxygens (including phenoxy) is 2. The van der Waals surface area contributed by atoms with Crippen molar-refractivity contribution < 1.29 is 28.7 Å². The van der Waals surface area contributed by atoms with Crippen molar-refractivity contribution in [2.45, 2.75) is 33.6 Å². The van der Waals surface area contributed by atoms with E-state index in [0.29, 0.717) is 23.2 Å². The highest BCUT2D eigenvalue weighted by Crippen LogP contribution is 2.34. The summed E-state index contributed by atoms with van der Waals surface area (Å²) in [6.45, 7) is 5.47. The Morgan fingerprint density at radius 2 is 1.47 bits per heavy atom. The van der Waals surface area contributed by atoms with E-state index in [1.54, 1.807) is 45.0 Å². The summed E-state index contributed by atoms with van der Waals surface area (Å²) in [5, 5.41) is 5.81. The Balaban J connectivity index is 1.77. The minimum Gasteiger partial charge on any atom is -0.462 e. The number of anilines is 2. The number of rotatable bonds is 10. The van der Waals surface area contributed by atoms with Gasteiger partial charge in [-0.25, -0.2) is 9.59 Å². The van der Waals surface area contributed by atoms with Gasteiger partial charge in [-0.2, -0.15) is 0 Å². The number of thiophene rings is 1. The van der Waals surface area contributed by atoms with Crippen LogP contribution in [0.5, 0.6) is 0 Å². The third kappa shape index (κ3) is 6.79. The minimum absolute atomic E-state index is 0.157. The molecule has 0 fully saturated rings. The first-order chi connectivity index (χ1) is 17.3. The summed E-state index contributed by atoms with van der Waals surface area (Å²) in [5.41, 5.74) is 2.43. The van der Waals surface area contributed by atoms with Gasteiger partial charge in [0.1, 0.15) is 5.00 Å². The molecule has 0 radical (unpaired) electrons. The van der Waals surface area contributed by atoms with Crippen molar-refractivity contribution in [3.8, 4) is 0 Å². The number of aryl methyl sites for hydroxylation is 1. The second kappa shape index (κ2) is 12.6. The molecule has 0 atom stereocenters. The molecule has 0 saturated carbocycles. The molecule has 0 bridgehead atoms. The largest absolute Gasteiger partial charge is 0.462 e. The lowest BCUT2D eigenvalue weighted by Crippen LogP contribution is -2.15. The smallest absolute Gasteiger partial charge is 0.341 e. The van der Waals surface area contributed by atoms with E-state index in [9.17, 15) is 19.2 Å². The molecule has 0 aliphatic carbocycles. The van der Waals surface area contributed by atoms with E-state index in [1.165, 1.54) is 0 Å². The van der Waals surface area contributed by atoms with E-state index >= 15 is 0 Å². The maximum atomic E-state index is 13.0. The molecule has 3 rings (SSSR count). The van der Waals surface area contributed by atoms with Crippen molar-refractivity contribution in [3.05, 3.63) is 81.7 Å². The van der Waals surface area contributed by atoms with Gasteiger partial charge in [0.25, 0.3) is 5.91 Å². The van der Waals surface area contributed by atoms with Crippen LogP contribution in [0, 0.1) is 6.92 Å². The molecule has 1 heterocycles. The minimum atomic E-state index is -0.609. The molecular formula is C27H28N2O6S. The Morgan fingerprint density at radius 3 is 2.11 bits per heavy atom. The first-order valence-corrected chi connectivity index (χ1v) is 12.4.